The molecular weight excluding hydrogens is 278 g/mol. The molecule has 0 spiro atoms. The third-order valence-electron chi connectivity index (χ3n) is 3.47. The number of rotatable bonds is 5. The minimum absolute atomic E-state index is 0.192. The van der Waals surface area contributed by atoms with Gasteiger partial charge < -0.3 is 10.8 Å². The molecule has 5 nitrogen and oxygen atoms in total. The van der Waals surface area contributed by atoms with E-state index in [-0.39, 0.29) is 5.56 Å². The number of azo groups is 1. The lowest BCUT2D eigenvalue weighted by atomic mass is 10.0. The molecule has 2 aromatic carbocycles. The van der Waals surface area contributed by atoms with Crippen LogP contribution in [0, 0.1) is 0 Å². The van der Waals surface area contributed by atoms with Crippen molar-refractivity contribution in [1.82, 2.24) is 0 Å². The fourth-order valence-corrected chi connectivity index (χ4v) is 2.22. The van der Waals surface area contributed by atoms with E-state index < -0.39 is 5.97 Å². The zero-order valence-electron chi connectivity index (χ0n) is 12.7. The second kappa shape index (κ2) is 6.85. The number of nitrogen functional groups attached to an aromatic ring is 1. The number of nitrogens with zero attached hydrogens (tertiary/aromatic N) is 2. The summed E-state index contributed by atoms with van der Waals surface area (Å²) in [6, 6.07) is 10.2. The first-order chi connectivity index (χ1) is 10.5. The fraction of sp³-hybridized carbons (Fsp3) is 0.235. The Kier molecular flexibility index (Phi) is 4.88. The summed E-state index contributed by atoms with van der Waals surface area (Å²) in [5.41, 5.74) is 10.4. The predicted molar refractivity (Wildman–Crippen MR) is 87.2 cm³/mol. The van der Waals surface area contributed by atoms with E-state index in [1.807, 2.05) is 26.0 Å². The lowest BCUT2D eigenvalue weighted by Gasteiger charge is -2.09. The highest BCUT2D eigenvalue weighted by molar-refractivity contribution is 5.88. The van der Waals surface area contributed by atoms with E-state index in [0.717, 1.165) is 35.3 Å². The monoisotopic (exact) mass is 297 g/mol. The molecule has 3 N–H and O–H groups in total. The quantitative estimate of drug-likeness (QED) is 0.628. The van der Waals surface area contributed by atoms with Gasteiger partial charge in [-0.25, -0.2) is 4.79 Å². The van der Waals surface area contributed by atoms with Crippen molar-refractivity contribution < 1.29 is 9.90 Å². The molecule has 0 aromatic heterocycles. The molecule has 2 rings (SSSR count). The highest BCUT2D eigenvalue weighted by Gasteiger charge is 2.06. The van der Waals surface area contributed by atoms with Crippen LogP contribution in [0.15, 0.2) is 46.6 Å². The summed E-state index contributed by atoms with van der Waals surface area (Å²) in [7, 11) is 0. The maximum absolute atomic E-state index is 10.9. The lowest BCUT2D eigenvalue weighted by molar-refractivity contribution is 0.0697. The second-order valence-electron chi connectivity index (χ2n) is 4.94. The van der Waals surface area contributed by atoms with E-state index in [0.29, 0.717) is 5.69 Å². The van der Waals surface area contributed by atoms with Crippen molar-refractivity contribution in [3.8, 4) is 0 Å². The van der Waals surface area contributed by atoms with Gasteiger partial charge >= 0.3 is 5.97 Å². The Bertz CT molecular complexity index is 699. The number of anilines is 1. The smallest absolute Gasteiger partial charge is 0.335 e. The van der Waals surface area contributed by atoms with Crippen LogP contribution >= 0.6 is 0 Å². The highest BCUT2D eigenvalue weighted by atomic mass is 16.4. The molecule has 0 atom stereocenters. The van der Waals surface area contributed by atoms with Gasteiger partial charge in [0.2, 0.25) is 0 Å². The fourth-order valence-electron chi connectivity index (χ4n) is 2.22. The zero-order chi connectivity index (χ0) is 16.1. The Morgan fingerprint density at radius 3 is 2.18 bits per heavy atom. The number of carboxylic acids is 1. The van der Waals surface area contributed by atoms with Gasteiger partial charge in [0.25, 0.3) is 0 Å². The molecule has 0 bridgehead atoms. The molecule has 2 aromatic rings. The van der Waals surface area contributed by atoms with Crippen molar-refractivity contribution in [2.45, 2.75) is 26.7 Å². The van der Waals surface area contributed by atoms with Crippen LogP contribution in [0.5, 0.6) is 0 Å². The van der Waals surface area contributed by atoms with E-state index in [1.54, 1.807) is 12.1 Å². The number of carbonyl (C=O) groups is 1. The van der Waals surface area contributed by atoms with Gasteiger partial charge in [-0.2, -0.15) is 10.2 Å². The van der Waals surface area contributed by atoms with Crippen LogP contribution in [0.1, 0.15) is 35.3 Å². The van der Waals surface area contributed by atoms with E-state index in [1.165, 1.54) is 12.1 Å². The van der Waals surface area contributed by atoms with Gasteiger partial charge in [0, 0.05) is 5.69 Å². The minimum Gasteiger partial charge on any atom is -0.478 e. The van der Waals surface area contributed by atoms with Gasteiger partial charge in [0.15, 0.2) is 0 Å². The van der Waals surface area contributed by atoms with Crippen LogP contribution in [-0.2, 0) is 12.8 Å². The Labute approximate surface area is 129 Å². The van der Waals surface area contributed by atoms with Crippen LogP contribution in [0.25, 0.3) is 0 Å². The molecular formula is C17H19N3O2. The zero-order valence-corrected chi connectivity index (χ0v) is 12.7. The molecule has 0 aliphatic rings. The first-order valence-electron chi connectivity index (χ1n) is 7.21. The predicted octanol–water partition coefficient (Wildman–Crippen LogP) is 4.51. The number of hydrogen-bond acceptors (Lipinski definition) is 4. The average Bonchev–Trinajstić information content (AvgIpc) is 2.54. The van der Waals surface area contributed by atoms with Crippen LogP contribution < -0.4 is 5.73 Å². The third kappa shape index (κ3) is 3.49. The number of aromatic carboxylic acids is 1. The minimum atomic E-state index is -0.980. The molecule has 0 saturated carbocycles. The van der Waals surface area contributed by atoms with E-state index in [2.05, 4.69) is 10.2 Å². The highest BCUT2D eigenvalue weighted by Crippen LogP contribution is 2.27. The van der Waals surface area contributed by atoms with Gasteiger partial charge in [-0.05, 0) is 54.3 Å². The van der Waals surface area contributed by atoms with Crippen molar-refractivity contribution in [2.24, 2.45) is 10.2 Å². The second-order valence-corrected chi connectivity index (χ2v) is 4.94. The average molecular weight is 297 g/mol. The maximum atomic E-state index is 10.9. The first kappa shape index (κ1) is 15.7. The molecule has 0 heterocycles. The Morgan fingerprint density at radius 2 is 1.64 bits per heavy atom. The molecule has 0 saturated heterocycles. The number of aryl methyl sites for hydroxylation is 2. The van der Waals surface area contributed by atoms with Gasteiger partial charge in [-0.3, -0.25) is 0 Å². The number of hydrogen-bond donors (Lipinski definition) is 2. The van der Waals surface area contributed by atoms with E-state index in [4.69, 9.17) is 10.8 Å². The summed E-state index contributed by atoms with van der Waals surface area (Å²) in [5, 5.41) is 17.3. The molecule has 0 unspecified atom stereocenters. The van der Waals surface area contributed by atoms with Gasteiger partial charge in [-0.1, -0.05) is 19.9 Å². The van der Waals surface area contributed by atoms with Crippen LogP contribution in [0.3, 0.4) is 0 Å². The third-order valence-corrected chi connectivity index (χ3v) is 3.47. The topological polar surface area (TPSA) is 88.0 Å². The Hall–Kier alpha value is -2.69. The Balaban J connectivity index is 2.34. The molecule has 114 valence electrons. The summed E-state index contributed by atoms with van der Waals surface area (Å²) in [6.45, 7) is 4.09. The number of benzene rings is 2. The standard InChI is InChI=1S/C17H19N3O2/c1-3-11-8-15(9-12(4-2)16(11)18)20-19-14-7-5-6-13(10-14)17(21)22/h5-10H,3-4,18H2,1-2H3,(H,21,22). The Morgan fingerprint density at radius 1 is 1.05 bits per heavy atom. The van der Waals surface area contributed by atoms with Gasteiger partial charge in [0.05, 0.1) is 16.9 Å². The molecule has 5 heteroatoms. The normalized spacial score (nSPS) is 11.0. The summed E-state index contributed by atoms with van der Waals surface area (Å²) >= 11 is 0. The number of nitrogens with two attached hydrogens (primary N) is 1. The largest absolute Gasteiger partial charge is 0.478 e. The van der Waals surface area contributed by atoms with Gasteiger partial charge in [0.1, 0.15) is 0 Å². The molecule has 0 amide bonds. The molecule has 22 heavy (non-hydrogen) atoms. The molecule has 0 aliphatic carbocycles. The maximum Gasteiger partial charge on any atom is 0.335 e. The summed E-state index contributed by atoms with van der Waals surface area (Å²) < 4.78 is 0. The van der Waals surface area contributed by atoms with Crippen molar-refractivity contribution in [3.63, 3.8) is 0 Å². The van der Waals surface area contributed by atoms with Crippen molar-refractivity contribution >= 4 is 23.0 Å². The van der Waals surface area contributed by atoms with Crippen LogP contribution in [0.2, 0.25) is 0 Å². The van der Waals surface area contributed by atoms with Crippen LogP contribution in [-0.4, -0.2) is 11.1 Å². The van der Waals surface area contributed by atoms with Crippen LogP contribution in [0.4, 0.5) is 17.1 Å². The van der Waals surface area contributed by atoms with E-state index >= 15 is 0 Å². The molecule has 0 aliphatic heterocycles. The van der Waals surface area contributed by atoms with Crippen molar-refractivity contribution in [3.05, 3.63) is 53.1 Å². The summed E-state index contributed by atoms with van der Waals surface area (Å²) in [5.74, 6) is -0.980. The summed E-state index contributed by atoms with van der Waals surface area (Å²) in [6.07, 6.45) is 1.66. The first-order valence-corrected chi connectivity index (χ1v) is 7.21. The van der Waals surface area contributed by atoms with Crippen molar-refractivity contribution in [1.29, 1.82) is 0 Å². The number of carboxylic acid groups (broad SMARTS) is 1. The molecule has 0 fully saturated rings. The van der Waals surface area contributed by atoms with E-state index in [9.17, 15) is 4.79 Å². The SMILES string of the molecule is CCc1cc(N=Nc2cccc(C(=O)O)c2)cc(CC)c1N. The molecule has 0 radical (unpaired) electrons. The van der Waals surface area contributed by atoms with Crippen molar-refractivity contribution in [2.75, 3.05) is 5.73 Å². The van der Waals surface area contributed by atoms with Gasteiger partial charge in [-0.15, -0.1) is 0 Å². The summed E-state index contributed by atoms with van der Waals surface area (Å²) in [4.78, 5) is 10.9. The lowest BCUT2D eigenvalue weighted by Crippen LogP contribution is -1.98.